The van der Waals surface area contributed by atoms with Gasteiger partial charge < -0.3 is 14.8 Å². The fourth-order valence-corrected chi connectivity index (χ4v) is 3.13. The van der Waals surface area contributed by atoms with Crippen LogP contribution in [0.25, 0.3) is 0 Å². The topological polar surface area (TPSA) is 47.6 Å². The molecule has 4 nitrogen and oxygen atoms in total. The van der Waals surface area contributed by atoms with Crippen LogP contribution in [0.3, 0.4) is 0 Å². The lowest BCUT2D eigenvalue weighted by Gasteiger charge is -2.18. The molecular formula is C18H18FNO3S. The highest BCUT2D eigenvalue weighted by Gasteiger charge is 2.14. The van der Waals surface area contributed by atoms with Crippen LogP contribution in [0, 0.1) is 5.82 Å². The van der Waals surface area contributed by atoms with Crippen LogP contribution in [0.1, 0.15) is 16.8 Å². The maximum atomic E-state index is 12.8. The standard InChI is InChI=1S/C18H18FNO3S/c19-14-3-5-15(6-4-14)24-11-1-8-20-18(21)13-2-7-16-17(12-13)23-10-9-22-16/h2-7,12H,1,8-11H2,(H,20,21). The number of hydrogen-bond donors (Lipinski definition) is 1. The first-order valence-corrected chi connectivity index (χ1v) is 8.77. The molecule has 1 aliphatic heterocycles. The first kappa shape index (κ1) is 16.6. The SMILES string of the molecule is O=C(NCCCSc1ccc(F)cc1)c1ccc2c(c1)OCCO2. The second-order valence-electron chi connectivity index (χ2n) is 5.27. The van der Waals surface area contributed by atoms with Gasteiger partial charge >= 0.3 is 0 Å². The highest BCUT2D eigenvalue weighted by atomic mass is 32.2. The minimum absolute atomic E-state index is 0.126. The molecular weight excluding hydrogens is 329 g/mol. The number of hydrogen-bond acceptors (Lipinski definition) is 4. The molecule has 3 rings (SSSR count). The largest absolute Gasteiger partial charge is 0.486 e. The lowest BCUT2D eigenvalue weighted by Crippen LogP contribution is -2.25. The summed E-state index contributed by atoms with van der Waals surface area (Å²) in [4.78, 5) is 13.2. The van der Waals surface area contributed by atoms with Crippen LogP contribution in [-0.2, 0) is 0 Å². The number of halogens is 1. The van der Waals surface area contributed by atoms with Gasteiger partial charge in [-0.05, 0) is 54.6 Å². The molecule has 1 N–H and O–H groups in total. The Kier molecular flexibility index (Phi) is 5.59. The van der Waals surface area contributed by atoms with Gasteiger partial charge in [-0.2, -0.15) is 0 Å². The zero-order chi connectivity index (χ0) is 16.8. The maximum absolute atomic E-state index is 12.8. The zero-order valence-electron chi connectivity index (χ0n) is 13.1. The molecule has 24 heavy (non-hydrogen) atoms. The van der Waals surface area contributed by atoms with Crippen LogP contribution in [0.2, 0.25) is 0 Å². The van der Waals surface area contributed by atoms with E-state index in [1.165, 1.54) is 12.1 Å². The molecule has 6 heteroatoms. The molecule has 0 spiro atoms. The molecule has 1 heterocycles. The van der Waals surface area contributed by atoms with Crippen molar-refractivity contribution in [2.45, 2.75) is 11.3 Å². The number of amides is 1. The molecule has 2 aromatic carbocycles. The third-order valence-corrected chi connectivity index (χ3v) is 4.59. The third kappa shape index (κ3) is 4.41. The van der Waals surface area contributed by atoms with Crippen molar-refractivity contribution in [3.8, 4) is 11.5 Å². The monoisotopic (exact) mass is 347 g/mol. The van der Waals surface area contributed by atoms with E-state index in [1.54, 1.807) is 42.1 Å². The molecule has 0 bridgehead atoms. The minimum atomic E-state index is -0.231. The Balaban J connectivity index is 1.41. The average molecular weight is 347 g/mol. The summed E-state index contributed by atoms with van der Waals surface area (Å²) in [6.07, 6.45) is 0.832. The molecule has 0 aliphatic carbocycles. The Bertz CT molecular complexity index is 706. The molecule has 126 valence electrons. The van der Waals surface area contributed by atoms with E-state index >= 15 is 0 Å². The quantitative estimate of drug-likeness (QED) is 0.642. The summed E-state index contributed by atoms with van der Waals surface area (Å²) in [6, 6.07) is 11.6. The van der Waals surface area contributed by atoms with Crippen LogP contribution >= 0.6 is 11.8 Å². The lowest BCUT2D eigenvalue weighted by atomic mass is 10.2. The van der Waals surface area contributed by atoms with Gasteiger partial charge in [-0.3, -0.25) is 4.79 Å². The Morgan fingerprint density at radius 1 is 1.08 bits per heavy atom. The summed E-state index contributed by atoms with van der Waals surface area (Å²) in [7, 11) is 0. The Morgan fingerprint density at radius 3 is 2.62 bits per heavy atom. The van der Waals surface area contributed by atoms with Crippen molar-refractivity contribution in [3.05, 3.63) is 53.8 Å². The van der Waals surface area contributed by atoms with Crippen molar-refractivity contribution < 1.29 is 18.7 Å². The number of carbonyl (C=O) groups is 1. The highest BCUT2D eigenvalue weighted by molar-refractivity contribution is 7.99. The summed E-state index contributed by atoms with van der Waals surface area (Å²) in [5.74, 6) is 1.78. The van der Waals surface area contributed by atoms with E-state index < -0.39 is 0 Å². The van der Waals surface area contributed by atoms with Gasteiger partial charge in [0.25, 0.3) is 5.91 Å². The van der Waals surface area contributed by atoms with Gasteiger partial charge in [0, 0.05) is 17.0 Å². The van der Waals surface area contributed by atoms with Crippen molar-refractivity contribution in [2.24, 2.45) is 0 Å². The first-order valence-electron chi connectivity index (χ1n) is 7.78. The molecule has 0 radical (unpaired) electrons. The van der Waals surface area contributed by atoms with E-state index in [0.29, 0.717) is 36.8 Å². The van der Waals surface area contributed by atoms with E-state index in [-0.39, 0.29) is 11.7 Å². The molecule has 1 aliphatic rings. The first-order chi connectivity index (χ1) is 11.7. The summed E-state index contributed by atoms with van der Waals surface area (Å²) in [6.45, 7) is 1.62. The van der Waals surface area contributed by atoms with Crippen LogP contribution in [0.4, 0.5) is 4.39 Å². The Hall–Kier alpha value is -2.21. The van der Waals surface area contributed by atoms with Gasteiger partial charge in [0.1, 0.15) is 19.0 Å². The van der Waals surface area contributed by atoms with Gasteiger partial charge in [-0.1, -0.05) is 0 Å². The molecule has 0 unspecified atom stereocenters. The molecule has 0 saturated heterocycles. The van der Waals surface area contributed by atoms with E-state index in [2.05, 4.69) is 5.32 Å². The smallest absolute Gasteiger partial charge is 0.251 e. The van der Waals surface area contributed by atoms with Crippen LogP contribution < -0.4 is 14.8 Å². The van der Waals surface area contributed by atoms with Crippen LogP contribution in [0.5, 0.6) is 11.5 Å². The predicted octanol–water partition coefficient (Wildman–Crippen LogP) is 3.51. The maximum Gasteiger partial charge on any atom is 0.251 e. The van der Waals surface area contributed by atoms with E-state index in [0.717, 1.165) is 17.1 Å². The van der Waals surface area contributed by atoms with Crippen molar-refractivity contribution in [1.29, 1.82) is 0 Å². The fraction of sp³-hybridized carbons (Fsp3) is 0.278. The van der Waals surface area contributed by atoms with Gasteiger partial charge in [0.15, 0.2) is 11.5 Å². The van der Waals surface area contributed by atoms with Crippen molar-refractivity contribution >= 4 is 17.7 Å². The second kappa shape index (κ2) is 8.06. The van der Waals surface area contributed by atoms with E-state index in [4.69, 9.17) is 9.47 Å². The molecule has 1 amide bonds. The molecule has 0 saturated carbocycles. The lowest BCUT2D eigenvalue weighted by molar-refractivity contribution is 0.0952. The number of rotatable bonds is 6. The van der Waals surface area contributed by atoms with Crippen LogP contribution in [0.15, 0.2) is 47.4 Å². The second-order valence-corrected chi connectivity index (χ2v) is 6.44. The number of thioether (sulfide) groups is 1. The number of carbonyl (C=O) groups excluding carboxylic acids is 1. The fourth-order valence-electron chi connectivity index (χ4n) is 2.28. The average Bonchev–Trinajstić information content (AvgIpc) is 2.62. The van der Waals surface area contributed by atoms with Crippen molar-refractivity contribution in [1.82, 2.24) is 5.32 Å². The number of ether oxygens (including phenoxy) is 2. The van der Waals surface area contributed by atoms with Crippen molar-refractivity contribution in [2.75, 3.05) is 25.5 Å². The van der Waals surface area contributed by atoms with Crippen LogP contribution in [-0.4, -0.2) is 31.4 Å². The number of fused-ring (bicyclic) bond motifs is 1. The molecule has 0 atom stereocenters. The van der Waals surface area contributed by atoms with Gasteiger partial charge in [0.05, 0.1) is 0 Å². The number of benzene rings is 2. The zero-order valence-corrected chi connectivity index (χ0v) is 13.9. The van der Waals surface area contributed by atoms with Gasteiger partial charge in [-0.15, -0.1) is 11.8 Å². The minimum Gasteiger partial charge on any atom is -0.486 e. The predicted molar refractivity (Wildman–Crippen MR) is 91.5 cm³/mol. The third-order valence-electron chi connectivity index (χ3n) is 3.49. The molecule has 0 fully saturated rings. The number of nitrogens with one attached hydrogen (secondary N) is 1. The van der Waals surface area contributed by atoms with Gasteiger partial charge in [0.2, 0.25) is 0 Å². The summed E-state index contributed by atoms with van der Waals surface area (Å²) < 4.78 is 23.7. The normalized spacial score (nSPS) is 12.7. The van der Waals surface area contributed by atoms with Crippen molar-refractivity contribution in [3.63, 3.8) is 0 Å². The van der Waals surface area contributed by atoms with E-state index in [1.807, 2.05) is 0 Å². The summed E-state index contributed by atoms with van der Waals surface area (Å²) >= 11 is 1.64. The molecule has 0 aromatic heterocycles. The summed E-state index contributed by atoms with van der Waals surface area (Å²) in [5.41, 5.74) is 0.561. The Morgan fingerprint density at radius 2 is 1.83 bits per heavy atom. The van der Waals surface area contributed by atoms with Gasteiger partial charge in [-0.25, -0.2) is 4.39 Å². The Labute approximate surface area is 144 Å². The molecule has 2 aromatic rings. The highest BCUT2D eigenvalue weighted by Crippen LogP contribution is 2.30. The summed E-state index contributed by atoms with van der Waals surface area (Å²) in [5, 5.41) is 2.89. The van der Waals surface area contributed by atoms with E-state index in [9.17, 15) is 9.18 Å².